The van der Waals surface area contributed by atoms with Gasteiger partial charge in [0.2, 0.25) is 0 Å². The van der Waals surface area contributed by atoms with Gasteiger partial charge in [-0.3, -0.25) is 11.3 Å². The average molecular weight is 298 g/mol. The third kappa shape index (κ3) is 4.27. The zero-order chi connectivity index (χ0) is 15.4. The molecule has 0 fully saturated rings. The summed E-state index contributed by atoms with van der Waals surface area (Å²) < 4.78 is 52.7. The van der Waals surface area contributed by atoms with Crippen LogP contribution in [0.4, 0.5) is 17.6 Å². The van der Waals surface area contributed by atoms with Gasteiger partial charge in [-0.25, -0.2) is 17.6 Å². The minimum absolute atomic E-state index is 0.167. The molecule has 0 aliphatic heterocycles. The van der Waals surface area contributed by atoms with Crippen LogP contribution >= 0.6 is 0 Å². The van der Waals surface area contributed by atoms with Crippen LogP contribution in [0.3, 0.4) is 0 Å². The maximum atomic E-state index is 13.6. The lowest BCUT2D eigenvalue weighted by atomic mass is 9.99. The second-order valence-corrected chi connectivity index (χ2v) is 4.79. The Balaban J connectivity index is 2.12. The topological polar surface area (TPSA) is 38.0 Å². The van der Waals surface area contributed by atoms with Crippen molar-refractivity contribution in [2.45, 2.75) is 18.9 Å². The van der Waals surface area contributed by atoms with E-state index in [1.54, 1.807) is 0 Å². The summed E-state index contributed by atoms with van der Waals surface area (Å²) in [6.45, 7) is 0. The Hall–Kier alpha value is -1.92. The zero-order valence-electron chi connectivity index (χ0n) is 11.0. The maximum absolute atomic E-state index is 13.6. The summed E-state index contributed by atoms with van der Waals surface area (Å²) in [5.74, 6) is 2.67. The van der Waals surface area contributed by atoms with Gasteiger partial charge < -0.3 is 0 Å². The molecule has 2 aromatic rings. The van der Waals surface area contributed by atoms with Gasteiger partial charge in [0, 0.05) is 18.2 Å². The molecule has 2 nitrogen and oxygen atoms in total. The molecule has 21 heavy (non-hydrogen) atoms. The van der Waals surface area contributed by atoms with Crippen LogP contribution in [0.15, 0.2) is 36.4 Å². The van der Waals surface area contributed by atoms with Gasteiger partial charge in [0.05, 0.1) is 0 Å². The summed E-state index contributed by atoms with van der Waals surface area (Å²) in [4.78, 5) is 0. The Morgan fingerprint density at radius 3 is 2.10 bits per heavy atom. The number of halogens is 4. The van der Waals surface area contributed by atoms with Crippen LogP contribution in [0.25, 0.3) is 0 Å². The predicted octanol–water partition coefficient (Wildman–Crippen LogP) is 2.86. The molecule has 3 N–H and O–H groups in total. The maximum Gasteiger partial charge on any atom is 0.129 e. The lowest BCUT2D eigenvalue weighted by molar-refractivity contribution is 0.498. The van der Waals surface area contributed by atoms with E-state index in [1.807, 2.05) is 0 Å². The second-order valence-electron chi connectivity index (χ2n) is 4.79. The lowest BCUT2D eigenvalue weighted by Crippen LogP contribution is -2.38. The van der Waals surface area contributed by atoms with Crippen molar-refractivity contribution in [3.8, 4) is 0 Å². The number of nitrogens with two attached hydrogens (primary N) is 1. The minimum Gasteiger partial charge on any atom is -0.271 e. The molecule has 1 unspecified atom stereocenters. The van der Waals surface area contributed by atoms with Crippen molar-refractivity contribution in [2.75, 3.05) is 0 Å². The van der Waals surface area contributed by atoms with Crippen molar-refractivity contribution in [3.63, 3.8) is 0 Å². The monoisotopic (exact) mass is 298 g/mol. The second kappa shape index (κ2) is 6.69. The molecule has 0 heterocycles. The molecular weight excluding hydrogens is 284 g/mol. The van der Waals surface area contributed by atoms with Crippen molar-refractivity contribution in [3.05, 3.63) is 70.8 Å². The van der Waals surface area contributed by atoms with Crippen molar-refractivity contribution < 1.29 is 17.6 Å². The molecular formula is C15H14F4N2. The molecule has 0 aromatic heterocycles. The highest BCUT2D eigenvalue weighted by molar-refractivity contribution is 5.22. The Labute approximate surface area is 119 Å². The first-order chi connectivity index (χ1) is 9.97. The third-order valence-electron chi connectivity index (χ3n) is 3.12. The molecule has 0 amide bonds. The molecule has 0 aliphatic carbocycles. The first-order valence-electron chi connectivity index (χ1n) is 6.33. The summed E-state index contributed by atoms with van der Waals surface area (Å²) >= 11 is 0. The summed E-state index contributed by atoms with van der Waals surface area (Å²) in [5.41, 5.74) is 3.15. The van der Waals surface area contributed by atoms with Crippen LogP contribution in [0.1, 0.15) is 11.1 Å². The smallest absolute Gasteiger partial charge is 0.129 e. The number of rotatable bonds is 5. The third-order valence-corrected chi connectivity index (χ3v) is 3.12. The molecule has 0 bridgehead atoms. The van der Waals surface area contributed by atoms with E-state index >= 15 is 0 Å². The molecule has 2 aromatic carbocycles. The fourth-order valence-electron chi connectivity index (χ4n) is 2.16. The fraction of sp³-hybridized carbons (Fsp3) is 0.200. The van der Waals surface area contributed by atoms with Crippen LogP contribution in [-0.2, 0) is 12.8 Å². The summed E-state index contributed by atoms with van der Waals surface area (Å²) in [7, 11) is 0. The lowest BCUT2D eigenvalue weighted by Gasteiger charge is -2.16. The summed E-state index contributed by atoms with van der Waals surface area (Å²) in [5, 5.41) is 0. The normalized spacial score (nSPS) is 12.4. The summed E-state index contributed by atoms with van der Waals surface area (Å²) in [6.07, 6.45) is 0.378. The molecule has 0 aliphatic rings. The minimum atomic E-state index is -0.686. The molecule has 2 rings (SSSR count). The van der Waals surface area contributed by atoms with E-state index in [1.165, 1.54) is 18.2 Å². The van der Waals surface area contributed by atoms with Crippen LogP contribution in [0, 0.1) is 23.3 Å². The van der Waals surface area contributed by atoms with Gasteiger partial charge >= 0.3 is 0 Å². The highest BCUT2D eigenvalue weighted by Crippen LogP contribution is 2.15. The number of hydrazine groups is 1. The van der Waals surface area contributed by atoms with Crippen LogP contribution in [0.2, 0.25) is 0 Å². The van der Waals surface area contributed by atoms with Crippen molar-refractivity contribution in [1.29, 1.82) is 0 Å². The summed E-state index contributed by atoms with van der Waals surface area (Å²) in [6, 6.07) is 5.96. The standard InChI is InChI=1S/C15H14F4N2/c16-11-2-1-10(15(19)8-11)6-14(21-20)5-9-3-12(17)7-13(18)4-9/h1-4,7-8,14,21H,5-6,20H2. The molecule has 6 heteroatoms. The Morgan fingerprint density at radius 2 is 1.52 bits per heavy atom. The van der Waals surface area contributed by atoms with Gasteiger partial charge in [-0.1, -0.05) is 6.07 Å². The van der Waals surface area contributed by atoms with Gasteiger partial charge in [0.25, 0.3) is 0 Å². The van der Waals surface area contributed by atoms with Gasteiger partial charge in [0.1, 0.15) is 23.3 Å². The number of nitrogens with one attached hydrogen (secondary N) is 1. The fourth-order valence-corrected chi connectivity index (χ4v) is 2.16. The molecule has 1 atom stereocenters. The Bertz CT molecular complexity index is 611. The van der Waals surface area contributed by atoms with Crippen molar-refractivity contribution >= 4 is 0 Å². The molecule has 0 saturated heterocycles. The van der Waals surface area contributed by atoms with E-state index in [9.17, 15) is 17.6 Å². The van der Waals surface area contributed by atoms with E-state index in [0.29, 0.717) is 5.56 Å². The molecule has 0 saturated carbocycles. The predicted molar refractivity (Wildman–Crippen MR) is 71.2 cm³/mol. The Kier molecular flexibility index (Phi) is 4.93. The SMILES string of the molecule is NNC(Cc1cc(F)cc(F)c1)Cc1ccc(F)cc1F. The van der Waals surface area contributed by atoms with Crippen LogP contribution in [-0.4, -0.2) is 6.04 Å². The molecule has 0 radical (unpaired) electrons. The zero-order valence-corrected chi connectivity index (χ0v) is 11.0. The quantitative estimate of drug-likeness (QED) is 0.506. The first-order valence-corrected chi connectivity index (χ1v) is 6.33. The van der Waals surface area contributed by atoms with Gasteiger partial charge in [0.15, 0.2) is 0 Å². The number of hydrogen-bond acceptors (Lipinski definition) is 2. The first kappa shape index (κ1) is 15.5. The van der Waals surface area contributed by atoms with Gasteiger partial charge in [-0.05, 0) is 42.2 Å². The highest BCUT2D eigenvalue weighted by atomic mass is 19.1. The van der Waals surface area contributed by atoms with Crippen LogP contribution < -0.4 is 11.3 Å². The van der Waals surface area contributed by atoms with Crippen molar-refractivity contribution in [1.82, 2.24) is 5.43 Å². The van der Waals surface area contributed by atoms with E-state index in [-0.39, 0.29) is 18.4 Å². The highest BCUT2D eigenvalue weighted by Gasteiger charge is 2.13. The van der Waals surface area contributed by atoms with E-state index in [4.69, 9.17) is 5.84 Å². The van der Waals surface area contributed by atoms with Gasteiger partial charge in [-0.15, -0.1) is 0 Å². The number of hydrogen-bond donors (Lipinski definition) is 2. The van der Waals surface area contributed by atoms with Gasteiger partial charge in [-0.2, -0.15) is 0 Å². The molecule has 112 valence electrons. The van der Waals surface area contributed by atoms with E-state index in [2.05, 4.69) is 5.43 Å². The van der Waals surface area contributed by atoms with Crippen molar-refractivity contribution in [2.24, 2.45) is 5.84 Å². The van der Waals surface area contributed by atoms with E-state index < -0.39 is 29.3 Å². The van der Waals surface area contributed by atoms with Crippen LogP contribution in [0.5, 0.6) is 0 Å². The van der Waals surface area contributed by atoms with E-state index in [0.717, 1.165) is 18.2 Å². The Morgan fingerprint density at radius 1 is 0.857 bits per heavy atom. The average Bonchev–Trinajstić information content (AvgIpc) is 2.39. The molecule has 0 spiro atoms. The number of benzene rings is 2. The largest absolute Gasteiger partial charge is 0.271 e.